The van der Waals surface area contributed by atoms with Gasteiger partial charge >= 0.3 is 0 Å². The number of piperidine rings is 1. The van der Waals surface area contributed by atoms with Gasteiger partial charge < -0.3 is 14.5 Å². The number of Topliss-reactive ketones (excluding diaryl/α,β-unsaturated/α-hetero) is 1. The van der Waals surface area contributed by atoms with E-state index in [-0.39, 0.29) is 11.7 Å². The molecule has 2 heterocycles. The summed E-state index contributed by atoms with van der Waals surface area (Å²) in [5.74, 6) is 2.58. The molecule has 1 fully saturated rings. The van der Waals surface area contributed by atoms with Crippen molar-refractivity contribution in [1.29, 1.82) is 0 Å². The van der Waals surface area contributed by atoms with E-state index in [2.05, 4.69) is 10.3 Å². The van der Waals surface area contributed by atoms with Crippen molar-refractivity contribution in [2.45, 2.75) is 25.7 Å². The molecule has 0 aliphatic carbocycles. The smallest absolute Gasteiger partial charge is 0.200 e. The van der Waals surface area contributed by atoms with E-state index < -0.39 is 0 Å². The second-order valence-electron chi connectivity index (χ2n) is 6.77. The van der Waals surface area contributed by atoms with Gasteiger partial charge in [0.05, 0.1) is 0 Å². The maximum absolute atomic E-state index is 12.1. The Balaban J connectivity index is 1.60. The van der Waals surface area contributed by atoms with Crippen LogP contribution >= 0.6 is 0 Å². The molecule has 5 heteroatoms. The molecule has 138 valence electrons. The molecule has 1 saturated heterocycles. The molecule has 27 heavy (non-hydrogen) atoms. The van der Waals surface area contributed by atoms with Gasteiger partial charge in [-0.25, -0.2) is 4.98 Å². The van der Waals surface area contributed by atoms with E-state index in [1.807, 2.05) is 54.6 Å². The van der Waals surface area contributed by atoms with Gasteiger partial charge in [0.2, 0.25) is 0 Å². The number of carbonyl (C=O) groups is 1. The van der Waals surface area contributed by atoms with Gasteiger partial charge in [-0.1, -0.05) is 18.2 Å². The molecule has 1 aliphatic rings. The Hall–Kier alpha value is -2.92. The van der Waals surface area contributed by atoms with Gasteiger partial charge in [-0.3, -0.25) is 4.79 Å². The molecule has 4 rings (SSSR count). The Kier molecular flexibility index (Phi) is 5.03. The number of para-hydroxylation sites is 1. The highest BCUT2D eigenvalue weighted by Gasteiger charge is 2.25. The molecule has 0 spiro atoms. The topological polar surface area (TPSA) is 64.4 Å². The third-order valence-electron chi connectivity index (χ3n) is 4.72. The number of nitrogens with zero attached hydrogens (tertiary/aromatic N) is 1. The van der Waals surface area contributed by atoms with Crippen molar-refractivity contribution in [3.63, 3.8) is 0 Å². The van der Waals surface area contributed by atoms with Crippen molar-refractivity contribution < 1.29 is 13.9 Å². The average molecular weight is 362 g/mol. The van der Waals surface area contributed by atoms with Crippen LogP contribution in [0.5, 0.6) is 11.5 Å². The summed E-state index contributed by atoms with van der Waals surface area (Å²) in [6.45, 7) is 3.37. The van der Waals surface area contributed by atoms with Crippen molar-refractivity contribution in [1.82, 2.24) is 10.3 Å². The van der Waals surface area contributed by atoms with Crippen LogP contribution in [0, 0.1) is 0 Å². The Morgan fingerprint density at radius 1 is 1.11 bits per heavy atom. The van der Waals surface area contributed by atoms with E-state index in [0.29, 0.717) is 17.3 Å². The van der Waals surface area contributed by atoms with Gasteiger partial charge in [-0.15, -0.1) is 0 Å². The van der Waals surface area contributed by atoms with Crippen LogP contribution in [0.1, 0.15) is 42.1 Å². The van der Waals surface area contributed by atoms with Gasteiger partial charge in [0.15, 0.2) is 17.4 Å². The molecule has 0 saturated carbocycles. The van der Waals surface area contributed by atoms with Crippen LogP contribution in [-0.4, -0.2) is 23.9 Å². The number of ketones is 1. The predicted molar refractivity (Wildman–Crippen MR) is 103 cm³/mol. The van der Waals surface area contributed by atoms with Crippen molar-refractivity contribution >= 4 is 5.78 Å². The Labute approximate surface area is 158 Å². The van der Waals surface area contributed by atoms with Crippen LogP contribution in [0.25, 0.3) is 11.3 Å². The summed E-state index contributed by atoms with van der Waals surface area (Å²) < 4.78 is 11.7. The number of ether oxygens (including phenoxy) is 1. The lowest BCUT2D eigenvalue weighted by molar-refractivity contribution is 0.0985. The number of nitrogens with one attached hydrogen (secondary N) is 1. The summed E-state index contributed by atoms with van der Waals surface area (Å²) in [5, 5.41) is 3.36. The second kappa shape index (κ2) is 7.76. The number of oxazole rings is 1. The van der Waals surface area contributed by atoms with E-state index in [0.717, 1.165) is 43.0 Å². The Morgan fingerprint density at radius 2 is 1.85 bits per heavy atom. The maximum Gasteiger partial charge on any atom is 0.200 e. The summed E-state index contributed by atoms with van der Waals surface area (Å²) in [4.78, 5) is 16.7. The molecular formula is C22H22N2O3. The summed E-state index contributed by atoms with van der Waals surface area (Å²) in [6.07, 6.45) is 2.11. The van der Waals surface area contributed by atoms with Gasteiger partial charge in [-0.2, -0.15) is 0 Å². The third kappa shape index (κ3) is 3.93. The predicted octanol–water partition coefficient (Wildman–Crippen LogP) is 4.80. The van der Waals surface area contributed by atoms with Gasteiger partial charge in [0.1, 0.15) is 17.2 Å². The molecule has 0 bridgehead atoms. The van der Waals surface area contributed by atoms with Crippen molar-refractivity contribution in [2.24, 2.45) is 0 Å². The first-order valence-electron chi connectivity index (χ1n) is 9.26. The van der Waals surface area contributed by atoms with Gasteiger partial charge in [0.25, 0.3) is 0 Å². The lowest BCUT2D eigenvalue weighted by atomic mass is 10.00. The molecule has 1 N–H and O–H groups in total. The average Bonchev–Trinajstić information content (AvgIpc) is 3.16. The van der Waals surface area contributed by atoms with Crippen LogP contribution in [-0.2, 0) is 0 Å². The largest absolute Gasteiger partial charge is 0.457 e. The van der Waals surface area contributed by atoms with Crippen LogP contribution in [0.2, 0.25) is 0 Å². The zero-order valence-corrected chi connectivity index (χ0v) is 15.3. The molecule has 1 atom stereocenters. The second-order valence-corrected chi connectivity index (χ2v) is 6.77. The first-order chi connectivity index (χ1) is 13.2. The molecule has 1 unspecified atom stereocenters. The minimum atomic E-state index is -0.114. The number of rotatable bonds is 5. The molecule has 5 nitrogen and oxygen atoms in total. The number of benzene rings is 2. The van der Waals surface area contributed by atoms with Crippen LogP contribution in [0.3, 0.4) is 0 Å². The maximum atomic E-state index is 12.1. The first kappa shape index (κ1) is 17.5. The zero-order chi connectivity index (χ0) is 18.6. The lowest BCUT2D eigenvalue weighted by Gasteiger charge is -2.19. The SMILES string of the molecule is CC(=O)c1oc(C2CCCNC2)nc1-c1ccc(Oc2ccccc2)cc1. The summed E-state index contributed by atoms with van der Waals surface area (Å²) in [7, 11) is 0. The van der Waals surface area contributed by atoms with Crippen LogP contribution < -0.4 is 10.1 Å². The zero-order valence-electron chi connectivity index (χ0n) is 15.3. The van der Waals surface area contributed by atoms with Crippen LogP contribution in [0.15, 0.2) is 59.0 Å². The van der Waals surface area contributed by atoms with E-state index in [9.17, 15) is 4.79 Å². The van der Waals surface area contributed by atoms with E-state index in [1.54, 1.807) is 0 Å². The first-order valence-corrected chi connectivity index (χ1v) is 9.26. The van der Waals surface area contributed by atoms with E-state index in [1.165, 1.54) is 6.92 Å². The van der Waals surface area contributed by atoms with Gasteiger partial charge in [-0.05, 0) is 55.8 Å². The molecule has 2 aromatic carbocycles. The third-order valence-corrected chi connectivity index (χ3v) is 4.72. The number of hydrogen-bond donors (Lipinski definition) is 1. The van der Waals surface area contributed by atoms with Crippen molar-refractivity contribution in [3.05, 3.63) is 66.2 Å². The number of aromatic nitrogens is 1. The van der Waals surface area contributed by atoms with E-state index >= 15 is 0 Å². The highest BCUT2D eigenvalue weighted by atomic mass is 16.5. The van der Waals surface area contributed by atoms with Crippen molar-refractivity contribution in [2.75, 3.05) is 13.1 Å². The Bertz CT molecular complexity index is 910. The normalized spacial score (nSPS) is 16.9. The quantitative estimate of drug-likeness (QED) is 0.660. The minimum Gasteiger partial charge on any atom is -0.457 e. The molecular weight excluding hydrogens is 340 g/mol. The lowest BCUT2D eigenvalue weighted by Crippen LogP contribution is -2.28. The van der Waals surface area contributed by atoms with Crippen LogP contribution in [0.4, 0.5) is 0 Å². The molecule has 0 radical (unpaired) electrons. The van der Waals surface area contributed by atoms with Crippen molar-refractivity contribution in [3.8, 4) is 22.8 Å². The summed E-state index contributed by atoms with van der Waals surface area (Å²) in [5.41, 5.74) is 1.45. The van der Waals surface area contributed by atoms with E-state index in [4.69, 9.17) is 9.15 Å². The molecule has 1 aliphatic heterocycles. The standard InChI is InChI=1S/C22H22N2O3/c1-15(25)21-20(24-22(27-21)17-6-5-13-23-14-17)16-9-11-19(12-10-16)26-18-7-3-2-4-8-18/h2-4,7-12,17,23H,5-6,13-14H2,1H3. The molecule has 1 aromatic heterocycles. The summed E-state index contributed by atoms with van der Waals surface area (Å²) in [6, 6.07) is 17.2. The minimum absolute atomic E-state index is 0.114. The molecule has 0 amide bonds. The number of carbonyl (C=O) groups excluding carboxylic acids is 1. The highest BCUT2D eigenvalue weighted by molar-refractivity contribution is 5.97. The fourth-order valence-electron chi connectivity index (χ4n) is 3.31. The highest BCUT2D eigenvalue weighted by Crippen LogP contribution is 2.32. The van der Waals surface area contributed by atoms with Gasteiger partial charge in [0, 0.05) is 24.9 Å². The summed E-state index contributed by atoms with van der Waals surface area (Å²) >= 11 is 0. The fourth-order valence-corrected chi connectivity index (χ4v) is 3.31. The fraction of sp³-hybridized carbons (Fsp3) is 0.273. The number of hydrogen-bond acceptors (Lipinski definition) is 5. The Morgan fingerprint density at radius 3 is 2.52 bits per heavy atom. The monoisotopic (exact) mass is 362 g/mol. The molecule has 3 aromatic rings.